The van der Waals surface area contributed by atoms with E-state index < -0.39 is 10.0 Å². The monoisotopic (exact) mass is 348 g/mol. The Balaban J connectivity index is 1.51. The van der Waals surface area contributed by atoms with Crippen LogP contribution in [0.25, 0.3) is 17.0 Å². The van der Waals surface area contributed by atoms with E-state index in [1.807, 2.05) is 30.3 Å². The van der Waals surface area contributed by atoms with E-state index in [4.69, 9.17) is 4.42 Å². The van der Waals surface area contributed by atoms with Crippen molar-refractivity contribution in [1.29, 1.82) is 0 Å². The normalized spacial score (nSPS) is 19.3. The standard InChI is InChI=1S/C17H20N2O4S/c1-24(21,22)19-9-8-13(12-19)11-18-17(20)7-6-15-10-14-4-2-3-5-16(14)23-15/h2-7,10,13H,8-9,11-12H2,1H3,(H,18,20)/b7-6+. The molecule has 0 bridgehead atoms. The Morgan fingerprint density at radius 1 is 1.42 bits per heavy atom. The third kappa shape index (κ3) is 4.04. The zero-order valence-electron chi connectivity index (χ0n) is 13.4. The molecule has 1 fully saturated rings. The Hall–Kier alpha value is -2.12. The fourth-order valence-corrected chi connectivity index (χ4v) is 3.73. The van der Waals surface area contributed by atoms with Crippen LogP contribution in [0.2, 0.25) is 0 Å². The summed E-state index contributed by atoms with van der Waals surface area (Å²) in [4.78, 5) is 11.9. The summed E-state index contributed by atoms with van der Waals surface area (Å²) in [7, 11) is -3.14. The van der Waals surface area contributed by atoms with Gasteiger partial charge in [-0.05, 0) is 30.5 Å². The molecule has 7 heteroatoms. The second kappa shape index (κ2) is 6.78. The molecule has 2 heterocycles. The van der Waals surface area contributed by atoms with Crippen LogP contribution in [-0.2, 0) is 14.8 Å². The van der Waals surface area contributed by atoms with Crippen molar-refractivity contribution in [2.75, 3.05) is 25.9 Å². The second-order valence-corrected chi connectivity index (χ2v) is 8.02. The number of benzene rings is 1. The first-order valence-corrected chi connectivity index (χ1v) is 9.66. The molecule has 1 amide bonds. The van der Waals surface area contributed by atoms with Gasteiger partial charge in [0.2, 0.25) is 15.9 Å². The Bertz CT molecular complexity index is 837. The number of nitrogens with zero attached hydrogens (tertiary/aromatic N) is 1. The number of hydrogen-bond acceptors (Lipinski definition) is 4. The molecule has 0 radical (unpaired) electrons. The van der Waals surface area contributed by atoms with E-state index >= 15 is 0 Å². The number of rotatable bonds is 5. The number of carbonyl (C=O) groups excluding carboxylic acids is 1. The first kappa shape index (κ1) is 16.7. The first-order chi connectivity index (χ1) is 11.4. The molecule has 2 aromatic rings. The van der Waals surface area contributed by atoms with Crippen molar-refractivity contribution in [3.05, 3.63) is 42.2 Å². The van der Waals surface area contributed by atoms with E-state index in [1.54, 1.807) is 6.08 Å². The SMILES string of the molecule is CS(=O)(=O)N1CCC(CNC(=O)/C=C/c2cc3ccccc3o2)C1. The predicted molar refractivity (Wildman–Crippen MR) is 92.8 cm³/mol. The fraction of sp³-hybridized carbons (Fsp3) is 0.353. The number of fused-ring (bicyclic) bond motifs is 1. The summed E-state index contributed by atoms with van der Waals surface area (Å²) in [6.07, 6.45) is 5.04. The van der Waals surface area contributed by atoms with Crippen molar-refractivity contribution in [3.8, 4) is 0 Å². The quantitative estimate of drug-likeness (QED) is 0.836. The third-order valence-electron chi connectivity index (χ3n) is 4.13. The van der Waals surface area contributed by atoms with Crippen LogP contribution in [0.15, 0.2) is 40.8 Å². The molecule has 1 aliphatic rings. The molecular weight excluding hydrogens is 328 g/mol. The van der Waals surface area contributed by atoms with Crippen molar-refractivity contribution >= 4 is 33.0 Å². The molecule has 0 spiro atoms. The van der Waals surface area contributed by atoms with Crippen LogP contribution in [-0.4, -0.2) is 44.5 Å². The molecule has 1 saturated heterocycles. The van der Waals surface area contributed by atoms with Gasteiger partial charge in [0.15, 0.2) is 0 Å². The second-order valence-electron chi connectivity index (χ2n) is 6.04. The van der Waals surface area contributed by atoms with Gasteiger partial charge in [-0.1, -0.05) is 18.2 Å². The zero-order valence-corrected chi connectivity index (χ0v) is 14.3. The summed E-state index contributed by atoms with van der Waals surface area (Å²) in [6.45, 7) is 1.45. The predicted octanol–water partition coefficient (Wildman–Crippen LogP) is 1.84. The lowest BCUT2D eigenvalue weighted by Gasteiger charge is -2.13. The first-order valence-electron chi connectivity index (χ1n) is 7.81. The minimum Gasteiger partial charge on any atom is -0.457 e. The van der Waals surface area contributed by atoms with E-state index in [-0.39, 0.29) is 11.8 Å². The molecule has 24 heavy (non-hydrogen) atoms. The number of hydrogen-bond donors (Lipinski definition) is 1. The highest BCUT2D eigenvalue weighted by atomic mass is 32.2. The van der Waals surface area contributed by atoms with Gasteiger partial charge in [-0.15, -0.1) is 0 Å². The molecule has 128 valence electrons. The van der Waals surface area contributed by atoms with E-state index in [2.05, 4.69) is 5.32 Å². The van der Waals surface area contributed by atoms with Crippen molar-refractivity contribution in [2.45, 2.75) is 6.42 Å². The molecule has 1 aromatic carbocycles. The van der Waals surface area contributed by atoms with Gasteiger partial charge in [-0.3, -0.25) is 4.79 Å². The largest absolute Gasteiger partial charge is 0.457 e. The third-order valence-corrected chi connectivity index (χ3v) is 5.40. The van der Waals surface area contributed by atoms with Gasteiger partial charge in [0.25, 0.3) is 0 Å². The zero-order chi connectivity index (χ0) is 17.2. The van der Waals surface area contributed by atoms with Gasteiger partial charge < -0.3 is 9.73 Å². The topological polar surface area (TPSA) is 79.6 Å². The molecule has 3 rings (SSSR count). The lowest BCUT2D eigenvalue weighted by Crippen LogP contribution is -2.31. The fourth-order valence-electron chi connectivity index (χ4n) is 2.81. The Morgan fingerprint density at radius 3 is 2.92 bits per heavy atom. The lowest BCUT2D eigenvalue weighted by molar-refractivity contribution is -0.116. The Morgan fingerprint density at radius 2 is 2.21 bits per heavy atom. The maximum absolute atomic E-state index is 11.9. The number of sulfonamides is 1. The van der Waals surface area contributed by atoms with Crippen LogP contribution in [0.1, 0.15) is 12.2 Å². The van der Waals surface area contributed by atoms with Crippen LogP contribution < -0.4 is 5.32 Å². The van der Waals surface area contributed by atoms with Gasteiger partial charge in [0.05, 0.1) is 6.26 Å². The minimum absolute atomic E-state index is 0.156. The summed E-state index contributed by atoms with van der Waals surface area (Å²) < 4.78 is 30.0. The minimum atomic E-state index is -3.14. The van der Waals surface area contributed by atoms with Crippen molar-refractivity contribution < 1.29 is 17.6 Å². The summed E-state index contributed by atoms with van der Waals surface area (Å²) in [6, 6.07) is 9.52. The molecule has 1 unspecified atom stereocenters. The number of carbonyl (C=O) groups is 1. The highest BCUT2D eigenvalue weighted by Gasteiger charge is 2.28. The van der Waals surface area contributed by atoms with Gasteiger partial charge in [0.1, 0.15) is 11.3 Å². The summed E-state index contributed by atoms with van der Waals surface area (Å²) in [5.41, 5.74) is 0.782. The molecule has 6 nitrogen and oxygen atoms in total. The molecule has 1 N–H and O–H groups in total. The molecule has 0 saturated carbocycles. The molecule has 1 atom stereocenters. The van der Waals surface area contributed by atoms with Crippen LogP contribution in [0.4, 0.5) is 0 Å². The maximum Gasteiger partial charge on any atom is 0.244 e. The van der Waals surface area contributed by atoms with E-state index in [1.165, 1.54) is 16.6 Å². The van der Waals surface area contributed by atoms with Gasteiger partial charge in [-0.25, -0.2) is 12.7 Å². The number of furan rings is 1. The highest BCUT2D eigenvalue weighted by molar-refractivity contribution is 7.88. The molecular formula is C17H20N2O4S. The van der Waals surface area contributed by atoms with Crippen molar-refractivity contribution in [3.63, 3.8) is 0 Å². The smallest absolute Gasteiger partial charge is 0.244 e. The number of nitrogens with one attached hydrogen (secondary N) is 1. The summed E-state index contributed by atoms with van der Waals surface area (Å²) >= 11 is 0. The van der Waals surface area contributed by atoms with Crippen molar-refractivity contribution in [2.24, 2.45) is 5.92 Å². The Labute approximate surface area is 141 Å². The van der Waals surface area contributed by atoms with E-state index in [0.717, 1.165) is 17.4 Å². The summed E-state index contributed by atoms with van der Waals surface area (Å²) in [5, 5.41) is 3.80. The molecule has 0 aliphatic carbocycles. The Kier molecular flexibility index (Phi) is 4.73. The lowest BCUT2D eigenvalue weighted by atomic mass is 10.1. The van der Waals surface area contributed by atoms with Crippen LogP contribution in [0, 0.1) is 5.92 Å². The van der Waals surface area contributed by atoms with Gasteiger partial charge >= 0.3 is 0 Å². The van der Waals surface area contributed by atoms with Crippen molar-refractivity contribution in [1.82, 2.24) is 9.62 Å². The maximum atomic E-state index is 11.9. The average Bonchev–Trinajstić information content (AvgIpc) is 3.16. The van der Waals surface area contributed by atoms with Gasteiger partial charge in [0, 0.05) is 31.1 Å². The number of para-hydroxylation sites is 1. The highest BCUT2D eigenvalue weighted by Crippen LogP contribution is 2.20. The average molecular weight is 348 g/mol. The number of amides is 1. The van der Waals surface area contributed by atoms with Crippen LogP contribution in [0.3, 0.4) is 0 Å². The van der Waals surface area contributed by atoms with Crippen LogP contribution in [0.5, 0.6) is 0 Å². The summed E-state index contributed by atoms with van der Waals surface area (Å²) in [5.74, 6) is 0.562. The molecule has 1 aliphatic heterocycles. The van der Waals surface area contributed by atoms with Gasteiger partial charge in [-0.2, -0.15) is 0 Å². The van der Waals surface area contributed by atoms with E-state index in [0.29, 0.717) is 25.4 Å². The molecule has 1 aromatic heterocycles. The van der Waals surface area contributed by atoms with E-state index in [9.17, 15) is 13.2 Å². The van der Waals surface area contributed by atoms with Crippen LogP contribution >= 0.6 is 0 Å².